The summed E-state index contributed by atoms with van der Waals surface area (Å²) in [6.45, 7) is 0. The van der Waals surface area contributed by atoms with Gasteiger partial charge in [-0.25, -0.2) is 9.59 Å². The van der Waals surface area contributed by atoms with Gasteiger partial charge >= 0.3 is 11.9 Å². The fourth-order valence-electron chi connectivity index (χ4n) is 4.25. The molecule has 1 aliphatic rings. The zero-order valence-corrected chi connectivity index (χ0v) is 19.8. The van der Waals surface area contributed by atoms with Gasteiger partial charge in [0.25, 0.3) is 0 Å². The Morgan fingerprint density at radius 1 is 0.750 bits per heavy atom. The quantitative estimate of drug-likeness (QED) is 0.405. The number of anilines is 2. The first-order valence-corrected chi connectivity index (χ1v) is 10.3. The van der Waals surface area contributed by atoms with E-state index in [1.165, 1.54) is 14.2 Å². The molecule has 1 aliphatic carbocycles. The molecular weight excluding hydrogens is 455 g/mol. The van der Waals surface area contributed by atoms with Gasteiger partial charge in [0.1, 0.15) is 0 Å². The number of methoxy groups -OCH3 is 2. The van der Waals surface area contributed by atoms with Crippen LogP contribution in [0.5, 0.6) is 0 Å². The number of nitrogens with zero attached hydrogens (tertiary/aromatic N) is 4. The average molecular weight is 475 g/mol. The number of ether oxygens (including phenoxy) is 2. The maximum Gasteiger partial charge on any atom is 0.359 e. The highest BCUT2D eigenvalue weighted by atomic mass is 35.5. The molecule has 0 atom stereocenters. The number of hydrogen-bond donors (Lipinski definition) is 0. The zero-order chi connectivity index (χ0) is 23.5. The molecule has 0 N–H and O–H groups in total. The molecule has 0 saturated carbocycles. The monoisotopic (exact) mass is 474 g/mol. The number of rotatable bonds is 4. The molecule has 0 spiro atoms. The van der Waals surface area contributed by atoms with Crippen molar-refractivity contribution < 1.29 is 19.1 Å². The lowest BCUT2D eigenvalue weighted by Crippen LogP contribution is -2.14. The molecule has 32 heavy (non-hydrogen) atoms. The van der Waals surface area contributed by atoms with Crippen LogP contribution in [0.1, 0.15) is 21.0 Å². The predicted octanol–water partition coefficient (Wildman–Crippen LogP) is 4.29. The van der Waals surface area contributed by atoms with Crippen LogP contribution in [0.3, 0.4) is 0 Å². The Bertz CT molecular complexity index is 1230. The summed E-state index contributed by atoms with van der Waals surface area (Å²) in [6.07, 6.45) is 0. The molecule has 1 heterocycles. The summed E-state index contributed by atoms with van der Waals surface area (Å²) in [7, 11) is 10.0. The minimum Gasteiger partial charge on any atom is -0.464 e. The number of carbonyl (C=O) groups excluding carboxylic acids is 2. The SMILES string of the molecule is COC(=O)c1nnc(C(=O)OC)c2c1-c1cc(Cl)c(N(C)C)c3c(N(C)C)c(Cl)cc-2c13. The molecular formula is C22H20Cl2N4O4. The number of halogens is 2. The standard InChI is InChI=1S/C22H20Cl2N4O4/c1-27(2)19-11(23)7-9-13-10(8-12(24)20(16(13)19)28(3)4)15-14(9)17(21(29)31-5)25-26-18(15)22(30)32-6/h7-8H,1-6H3. The number of esters is 2. The maximum atomic E-state index is 12.6. The molecule has 2 aromatic carbocycles. The Hall–Kier alpha value is -3.10. The third-order valence-corrected chi connectivity index (χ3v) is 6.00. The lowest BCUT2D eigenvalue weighted by Gasteiger charge is -2.25. The van der Waals surface area contributed by atoms with Crippen molar-refractivity contribution in [3.05, 3.63) is 33.6 Å². The fraction of sp³-hybridized carbons (Fsp3) is 0.273. The van der Waals surface area contributed by atoms with Crippen LogP contribution in [0, 0.1) is 0 Å². The molecule has 0 aliphatic heterocycles. The molecule has 0 radical (unpaired) electrons. The van der Waals surface area contributed by atoms with Crippen LogP contribution in [0.25, 0.3) is 33.0 Å². The van der Waals surface area contributed by atoms with Crippen molar-refractivity contribution in [2.75, 3.05) is 52.2 Å². The molecule has 4 rings (SSSR count). The van der Waals surface area contributed by atoms with E-state index >= 15 is 0 Å². The third-order valence-electron chi connectivity index (χ3n) is 5.42. The second kappa shape index (κ2) is 7.79. The summed E-state index contributed by atoms with van der Waals surface area (Å²) in [5, 5.41) is 10.5. The van der Waals surface area contributed by atoms with E-state index in [0.29, 0.717) is 32.3 Å². The maximum absolute atomic E-state index is 12.6. The van der Waals surface area contributed by atoms with Gasteiger partial charge in [-0.1, -0.05) is 23.2 Å². The minimum absolute atomic E-state index is 0.0242. The molecule has 0 amide bonds. The number of hydrogen-bond acceptors (Lipinski definition) is 8. The average Bonchev–Trinajstić information content (AvgIpc) is 3.05. The van der Waals surface area contributed by atoms with Gasteiger partial charge < -0.3 is 19.3 Å². The van der Waals surface area contributed by atoms with Gasteiger partial charge in [-0.05, 0) is 23.3 Å². The topological polar surface area (TPSA) is 84.9 Å². The highest BCUT2D eigenvalue weighted by Crippen LogP contribution is 2.56. The van der Waals surface area contributed by atoms with Gasteiger partial charge in [-0.15, -0.1) is 10.2 Å². The van der Waals surface area contributed by atoms with Crippen molar-refractivity contribution in [3.63, 3.8) is 0 Å². The Balaban J connectivity index is 2.30. The van der Waals surface area contributed by atoms with Gasteiger partial charge in [0.2, 0.25) is 0 Å². The van der Waals surface area contributed by atoms with Crippen molar-refractivity contribution in [1.82, 2.24) is 10.2 Å². The van der Waals surface area contributed by atoms with Crippen LogP contribution in [0.15, 0.2) is 12.1 Å². The smallest absolute Gasteiger partial charge is 0.359 e. The van der Waals surface area contributed by atoms with Crippen molar-refractivity contribution in [1.29, 1.82) is 0 Å². The van der Waals surface area contributed by atoms with E-state index in [0.717, 1.165) is 22.1 Å². The van der Waals surface area contributed by atoms with E-state index in [-0.39, 0.29) is 11.4 Å². The van der Waals surface area contributed by atoms with E-state index in [2.05, 4.69) is 10.2 Å². The summed E-state index contributed by atoms with van der Waals surface area (Å²) in [5.74, 6) is -1.37. The molecule has 10 heteroatoms. The van der Waals surface area contributed by atoms with Gasteiger partial charge in [0.15, 0.2) is 11.4 Å². The second-order valence-corrected chi connectivity index (χ2v) is 8.49. The van der Waals surface area contributed by atoms with Crippen LogP contribution in [-0.2, 0) is 9.47 Å². The number of aromatic nitrogens is 2. The molecule has 1 aromatic heterocycles. The zero-order valence-electron chi connectivity index (χ0n) is 18.3. The third kappa shape index (κ3) is 2.97. The number of fused-ring (bicyclic) bond motifs is 3. The fourth-order valence-corrected chi connectivity index (χ4v) is 4.99. The molecule has 0 saturated heterocycles. The lowest BCUT2D eigenvalue weighted by atomic mass is 9.98. The van der Waals surface area contributed by atoms with Crippen LogP contribution in [0.2, 0.25) is 10.0 Å². The largest absolute Gasteiger partial charge is 0.464 e. The summed E-state index contributed by atoms with van der Waals surface area (Å²) < 4.78 is 9.86. The van der Waals surface area contributed by atoms with E-state index in [4.69, 9.17) is 32.7 Å². The van der Waals surface area contributed by atoms with Gasteiger partial charge in [-0.3, -0.25) is 0 Å². The van der Waals surface area contributed by atoms with Crippen LogP contribution >= 0.6 is 23.2 Å². The lowest BCUT2D eigenvalue weighted by molar-refractivity contribution is 0.0575. The Morgan fingerprint density at radius 3 is 1.44 bits per heavy atom. The van der Waals surface area contributed by atoms with Gasteiger partial charge in [0.05, 0.1) is 35.6 Å². The first kappa shape index (κ1) is 22.1. The summed E-state index contributed by atoms with van der Waals surface area (Å²) >= 11 is 13.5. The summed E-state index contributed by atoms with van der Waals surface area (Å²) in [6, 6.07) is 3.52. The normalized spacial score (nSPS) is 11.4. The summed E-state index contributed by atoms with van der Waals surface area (Å²) in [5.41, 5.74) is 3.56. The van der Waals surface area contributed by atoms with Crippen molar-refractivity contribution >= 4 is 57.3 Å². The predicted molar refractivity (Wildman–Crippen MR) is 125 cm³/mol. The number of benzene rings is 2. The Kier molecular flexibility index (Phi) is 5.38. The van der Waals surface area contributed by atoms with E-state index < -0.39 is 11.9 Å². The highest BCUT2D eigenvalue weighted by Gasteiger charge is 2.36. The van der Waals surface area contributed by atoms with Crippen LogP contribution < -0.4 is 9.80 Å². The second-order valence-electron chi connectivity index (χ2n) is 7.68. The van der Waals surface area contributed by atoms with Crippen molar-refractivity contribution in [2.45, 2.75) is 0 Å². The van der Waals surface area contributed by atoms with Gasteiger partial charge in [-0.2, -0.15) is 0 Å². The molecule has 166 valence electrons. The first-order valence-electron chi connectivity index (χ1n) is 9.55. The van der Waals surface area contributed by atoms with Crippen molar-refractivity contribution in [3.8, 4) is 22.3 Å². The van der Waals surface area contributed by atoms with E-state index in [9.17, 15) is 9.59 Å². The number of carbonyl (C=O) groups is 2. The van der Waals surface area contributed by atoms with Crippen LogP contribution in [-0.4, -0.2) is 64.5 Å². The van der Waals surface area contributed by atoms with Crippen molar-refractivity contribution in [2.24, 2.45) is 0 Å². The molecule has 8 nitrogen and oxygen atoms in total. The first-order chi connectivity index (χ1) is 15.1. The Labute approximate surface area is 194 Å². The Morgan fingerprint density at radius 2 is 1.12 bits per heavy atom. The highest BCUT2D eigenvalue weighted by molar-refractivity contribution is 6.41. The molecule has 3 aromatic rings. The van der Waals surface area contributed by atoms with Crippen LogP contribution in [0.4, 0.5) is 11.4 Å². The summed E-state index contributed by atoms with van der Waals surface area (Å²) in [4.78, 5) is 29.0. The molecule has 0 fully saturated rings. The van der Waals surface area contributed by atoms with E-state index in [1.807, 2.05) is 38.0 Å². The molecule has 0 bridgehead atoms. The minimum atomic E-state index is -0.683. The molecule has 0 unspecified atom stereocenters. The van der Waals surface area contributed by atoms with E-state index in [1.54, 1.807) is 12.1 Å². The van der Waals surface area contributed by atoms with Gasteiger partial charge in [0, 0.05) is 50.1 Å².